The summed E-state index contributed by atoms with van der Waals surface area (Å²) in [6.07, 6.45) is 0. The zero-order valence-corrected chi connectivity index (χ0v) is 18.6. The van der Waals surface area contributed by atoms with E-state index in [0.29, 0.717) is 11.6 Å². The standard InChI is InChI=1S/C25H25N5O3/c1-28-12-14-30(15-13-28)19-10-8-18(9-11-19)26-23(31)20-16-21-22(25(32)29(20)2)27-24(33-21)17-6-4-3-5-7-17/h3-11,16H,12-15H2,1-2H3,(H,26,31). The van der Waals surface area contributed by atoms with E-state index in [-0.39, 0.29) is 28.3 Å². The number of pyridine rings is 1. The summed E-state index contributed by atoms with van der Waals surface area (Å²) in [4.78, 5) is 34.8. The molecule has 0 aliphatic carbocycles. The lowest BCUT2D eigenvalue weighted by Crippen LogP contribution is -2.44. The van der Waals surface area contributed by atoms with Gasteiger partial charge in [-0.2, -0.15) is 0 Å². The topological polar surface area (TPSA) is 83.6 Å². The molecule has 8 heteroatoms. The number of hydrogen-bond donors (Lipinski definition) is 1. The predicted octanol–water partition coefficient (Wildman–Crippen LogP) is 3.20. The van der Waals surface area contributed by atoms with Gasteiger partial charge in [0.05, 0.1) is 0 Å². The molecule has 1 amide bonds. The Balaban J connectivity index is 1.38. The van der Waals surface area contributed by atoms with Crippen LogP contribution in [0.5, 0.6) is 0 Å². The molecule has 168 valence electrons. The summed E-state index contributed by atoms with van der Waals surface area (Å²) in [5.74, 6) is -0.0405. The molecular weight excluding hydrogens is 418 g/mol. The summed E-state index contributed by atoms with van der Waals surface area (Å²) < 4.78 is 7.11. The Morgan fingerprint density at radius 2 is 1.67 bits per heavy atom. The zero-order chi connectivity index (χ0) is 22.9. The van der Waals surface area contributed by atoms with Crippen LogP contribution in [0, 0.1) is 0 Å². The fourth-order valence-corrected chi connectivity index (χ4v) is 4.01. The first-order chi connectivity index (χ1) is 16.0. The number of anilines is 2. The maximum atomic E-state index is 13.0. The van der Waals surface area contributed by atoms with Gasteiger partial charge < -0.3 is 24.1 Å². The number of nitrogens with zero attached hydrogens (tertiary/aromatic N) is 4. The number of oxazole rings is 1. The van der Waals surface area contributed by atoms with E-state index in [1.807, 2.05) is 54.6 Å². The Morgan fingerprint density at radius 1 is 0.970 bits per heavy atom. The number of aromatic nitrogens is 2. The van der Waals surface area contributed by atoms with Crippen molar-refractivity contribution in [2.45, 2.75) is 0 Å². The molecule has 4 aromatic rings. The highest BCUT2D eigenvalue weighted by molar-refractivity contribution is 6.04. The van der Waals surface area contributed by atoms with Crippen LogP contribution in [0.4, 0.5) is 11.4 Å². The molecule has 2 aromatic carbocycles. The molecule has 1 saturated heterocycles. The SMILES string of the molecule is CN1CCN(c2ccc(NC(=O)c3cc4oc(-c5ccccc5)nc4c(=O)n3C)cc2)CC1. The van der Waals surface area contributed by atoms with Gasteiger partial charge in [-0.3, -0.25) is 9.59 Å². The molecule has 3 heterocycles. The van der Waals surface area contributed by atoms with Crippen molar-refractivity contribution in [3.8, 4) is 11.5 Å². The average Bonchev–Trinajstić information content (AvgIpc) is 3.27. The summed E-state index contributed by atoms with van der Waals surface area (Å²) in [5, 5.41) is 2.88. The lowest BCUT2D eigenvalue weighted by molar-refractivity contribution is 0.101. The van der Waals surface area contributed by atoms with Crippen LogP contribution in [-0.4, -0.2) is 53.6 Å². The highest BCUT2D eigenvalue weighted by Crippen LogP contribution is 2.24. The number of nitrogens with one attached hydrogen (secondary N) is 1. The van der Waals surface area contributed by atoms with E-state index in [2.05, 4.69) is 27.1 Å². The first kappa shape index (κ1) is 21.0. The third-order valence-corrected chi connectivity index (χ3v) is 6.04. The molecule has 1 fully saturated rings. The van der Waals surface area contributed by atoms with E-state index in [4.69, 9.17) is 4.42 Å². The Hall–Kier alpha value is -3.91. The van der Waals surface area contributed by atoms with Gasteiger partial charge in [-0.05, 0) is 43.4 Å². The highest BCUT2D eigenvalue weighted by Gasteiger charge is 2.19. The second kappa shape index (κ2) is 8.55. The molecule has 8 nitrogen and oxygen atoms in total. The summed E-state index contributed by atoms with van der Waals surface area (Å²) in [7, 11) is 3.69. The Morgan fingerprint density at radius 3 is 2.36 bits per heavy atom. The van der Waals surface area contributed by atoms with Crippen LogP contribution in [0.3, 0.4) is 0 Å². The minimum absolute atomic E-state index is 0.199. The molecule has 1 N–H and O–H groups in total. The van der Waals surface area contributed by atoms with E-state index >= 15 is 0 Å². The van der Waals surface area contributed by atoms with Crippen LogP contribution in [0.15, 0.2) is 69.9 Å². The lowest BCUT2D eigenvalue weighted by atomic mass is 10.2. The minimum atomic E-state index is -0.387. The second-order valence-corrected chi connectivity index (χ2v) is 8.28. The highest BCUT2D eigenvalue weighted by atomic mass is 16.3. The number of likely N-dealkylation sites (N-methyl/N-ethyl adjacent to an activating group) is 1. The number of hydrogen-bond acceptors (Lipinski definition) is 6. The van der Waals surface area contributed by atoms with Crippen LogP contribution >= 0.6 is 0 Å². The number of carbonyl (C=O) groups excluding carboxylic acids is 1. The molecule has 1 aliphatic rings. The summed E-state index contributed by atoms with van der Waals surface area (Å²) >= 11 is 0. The van der Waals surface area contributed by atoms with Crippen molar-refractivity contribution < 1.29 is 9.21 Å². The minimum Gasteiger partial charge on any atom is -0.436 e. The van der Waals surface area contributed by atoms with Crippen molar-refractivity contribution in [2.24, 2.45) is 7.05 Å². The van der Waals surface area contributed by atoms with Crippen molar-refractivity contribution in [2.75, 3.05) is 43.4 Å². The van der Waals surface area contributed by atoms with E-state index in [0.717, 1.165) is 37.4 Å². The van der Waals surface area contributed by atoms with Gasteiger partial charge in [0.2, 0.25) is 5.89 Å². The third kappa shape index (κ3) is 4.12. The van der Waals surface area contributed by atoms with E-state index in [1.54, 1.807) is 13.1 Å². The van der Waals surface area contributed by atoms with Gasteiger partial charge in [-0.15, -0.1) is 0 Å². The monoisotopic (exact) mass is 443 g/mol. The quantitative estimate of drug-likeness (QED) is 0.522. The molecule has 2 aromatic heterocycles. The van der Waals surface area contributed by atoms with Crippen molar-refractivity contribution >= 4 is 28.4 Å². The molecule has 0 saturated carbocycles. The fourth-order valence-electron chi connectivity index (χ4n) is 4.01. The molecule has 0 atom stereocenters. The smallest absolute Gasteiger partial charge is 0.280 e. The van der Waals surface area contributed by atoms with Crippen LogP contribution in [-0.2, 0) is 7.05 Å². The van der Waals surface area contributed by atoms with Crippen LogP contribution in [0.2, 0.25) is 0 Å². The number of benzene rings is 2. The predicted molar refractivity (Wildman–Crippen MR) is 129 cm³/mol. The molecule has 0 bridgehead atoms. The van der Waals surface area contributed by atoms with Gasteiger partial charge in [0, 0.05) is 56.2 Å². The molecular formula is C25H25N5O3. The van der Waals surface area contributed by atoms with Crippen molar-refractivity contribution in [1.29, 1.82) is 0 Å². The molecule has 33 heavy (non-hydrogen) atoms. The second-order valence-electron chi connectivity index (χ2n) is 8.28. The number of fused-ring (bicyclic) bond motifs is 1. The Kier molecular flexibility index (Phi) is 5.43. The largest absolute Gasteiger partial charge is 0.436 e. The number of carbonyl (C=O) groups is 1. The van der Waals surface area contributed by atoms with Gasteiger partial charge in [0.25, 0.3) is 11.5 Å². The van der Waals surface area contributed by atoms with Crippen molar-refractivity contribution in [3.05, 3.63) is 76.7 Å². The first-order valence-corrected chi connectivity index (χ1v) is 10.9. The van der Waals surface area contributed by atoms with Crippen LogP contribution < -0.4 is 15.8 Å². The maximum absolute atomic E-state index is 13.0. The van der Waals surface area contributed by atoms with Gasteiger partial charge in [-0.1, -0.05) is 18.2 Å². The van der Waals surface area contributed by atoms with Crippen molar-refractivity contribution in [3.63, 3.8) is 0 Å². The molecule has 0 unspecified atom stereocenters. The lowest BCUT2D eigenvalue weighted by Gasteiger charge is -2.34. The van der Waals surface area contributed by atoms with Crippen LogP contribution in [0.25, 0.3) is 22.6 Å². The molecule has 1 aliphatic heterocycles. The summed E-state index contributed by atoms with van der Waals surface area (Å²) in [6, 6.07) is 18.7. The Labute approximate surface area is 191 Å². The molecule has 0 spiro atoms. The fraction of sp³-hybridized carbons (Fsp3) is 0.240. The van der Waals surface area contributed by atoms with Crippen LogP contribution in [0.1, 0.15) is 10.5 Å². The maximum Gasteiger partial charge on any atom is 0.280 e. The molecule has 5 rings (SSSR count). The number of rotatable bonds is 4. The van der Waals surface area contributed by atoms with Crippen molar-refractivity contribution in [1.82, 2.24) is 14.5 Å². The molecule has 0 radical (unpaired) electrons. The van der Waals surface area contributed by atoms with Gasteiger partial charge in [0.15, 0.2) is 11.1 Å². The summed E-state index contributed by atoms with van der Waals surface area (Å²) in [5.41, 5.74) is 2.86. The first-order valence-electron chi connectivity index (χ1n) is 10.9. The van der Waals surface area contributed by atoms with Gasteiger partial charge >= 0.3 is 0 Å². The number of amides is 1. The summed E-state index contributed by atoms with van der Waals surface area (Å²) in [6.45, 7) is 4.02. The number of piperazine rings is 1. The average molecular weight is 444 g/mol. The van der Waals surface area contributed by atoms with E-state index in [1.165, 1.54) is 4.57 Å². The van der Waals surface area contributed by atoms with Gasteiger partial charge in [0.1, 0.15) is 5.69 Å². The van der Waals surface area contributed by atoms with E-state index < -0.39 is 0 Å². The van der Waals surface area contributed by atoms with Gasteiger partial charge in [-0.25, -0.2) is 4.98 Å². The van der Waals surface area contributed by atoms with E-state index in [9.17, 15) is 9.59 Å². The normalized spacial score (nSPS) is 14.5. The third-order valence-electron chi connectivity index (χ3n) is 6.04. The Bertz CT molecular complexity index is 1350. The zero-order valence-electron chi connectivity index (χ0n) is 18.6.